The van der Waals surface area contributed by atoms with Gasteiger partial charge in [0.2, 0.25) is 0 Å². The number of carbonyl (C=O) groups excluding carboxylic acids is 1. The Hall–Kier alpha value is -1.39. The van der Waals surface area contributed by atoms with Gasteiger partial charge in [0.1, 0.15) is 11.7 Å². The van der Waals surface area contributed by atoms with E-state index in [9.17, 15) is 4.79 Å². The van der Waals surface area contributed by atoms with Crippen LogP contribution in [0.4, 0.5) is 0 Å². The van der Waals surface area contributed by atoms with Gasteiger partial charge in [0, 0.05) is 0 Å². The highest BCUT2D eigenvalue weighted by Crippen LogP contribution is 2.20. The molecule has 1 aliphatic heterocycles. The second-order valence-electron chi connectivity index (χ2n) is 7.52. The van der Waals surface area contributed by atoms with E-state index in [0.717, 1.165) is 19.3 Å². The first kappa shape index (κ1) is 21.9. The Morgan fingerprint density at radius 3 is 2.19 bits per heavy atom. The van der Waals surface area contributed by atoms with Gasteiger partial charge < -0.3 is 14.2 Å². The molecule has 1 heterocycles. The highest BCUT2D eigenvalue weighted by molar-refractivity contribution is 5.75. The zero-order valence-electron chi connectivity index (χ0n) is 17.1. The van der Waals surface area contributed by atoms with Gasteiger partial charge in [-0.1, -0.05) is 64.5 Å². The van der Waals surface area contributed by atoms with Crippen LogP contribution >= 0.6 is 0 Å². The summed E-state index contributed by atoms with van der Waals surface area (Å²) in [5, 5.41) is 0. The average Bonchev–Trinajstić information content (AvgIpc) is 2.70. The highest BCUT2D eigenvalue weighted by Gasteiger charge is 2.28. The molecule has 4 heteroatoms. The molecular formula is C23H36O4. The third kappa shape index (κ3) is 8.44. The first-order valence-electron chi connectivity index (χ1n) is 10.8. The molecule has 0 aliphatic carbocycles. The molecular weight excluding hydrogens is 340 g/mol. The number of hydrogen-bond acceptors (Lipinski definition) is 4. The lowest BCUT2D eigenvalue weighted by molar-refractivity contribution is -0.208. The van der Waals surface area contributed by atoms with E-state index in [4.69, 9.17) is 14.2 Å². The molecule has 0 unspecified atom stereocenters. The lowest BCUT2D eigenvalue weighted by Gasteiger charge is -2.28. The fourth-order valence-corrected chi connectivity index (χ4v) is 3.26. The number of esters is 1. The van der Waals surface area contributed by atoms with Crippen LogP contribution in [0.15, 0.2) is 24.3 Å². The van der Waals surface area contributed by atoms with Crippen LogP contribution in [0, 0.1) is 5.92 Å². The molecule has 1 aliphatic rings. The van der Waals surface area contributed by atoms with Gasteiger partial charge >= 0.3 is 5.97 Å². The topological polar surface area (TPSA) is 44.8 Å². The van der Waals surface area contributed by atoms with Crippen LogP contribution in [0.2, 0.25) is 0 Å². The quantitative estimate of drug-likeness (QED) is 0.268. The van der Waals surface area contributed by atoms with E-state index in [2.05, 4.69) is 26.0 Å². The van der Waals surface area contributed by atoms with Crippen molar-refractivity contribution in [2.45, 2.75) is 84.3 Å². The van der Waals surface area contributed by atoms with Gasteiger partial charge in [0.15, 0.2) is 6.29 Å². The molecule has 1 fully saturated rings. The third-order valence-electron chi connectivity index (χ3n) is 5.05. The van der Waals surface area contributed by atoms with Crippen molar-refractivity contribution in [1.82, 2.24) is 0 Å². The molecule has 0 radical (unpaired) electrons. The Labute approximate surface area is 164 Å². The van der Waals surface area contributed by atoms with Crippen LogP contribution in [0.5, 0.6) is 5.75 Å². The van der Waals surface area contributed by atoms with Gasteiger partial charge in [-0.15, -0.1) is 0 Å². The van der Waals surface area contributed by atoms with Crippen LogP contribution in [0.25, 0.3) is 0 Å². The molecule has 0 aromatic heterocycles. The summed E-state index contributed by atoms with van der Waals surface area (Å²) in [6.07, 6.45) is 11.6. The zero-order valence-corrected chi connectivity index (χ0v) is 17.1. The average molecular weight is 377 g/mol. The van der Waals surface area contributed by atoms with Gasteiger partial charge in [0.25, 0.3) is 0 Å². The molecule has 0 spiro atoms. The molecule has 1 saturated heterocycles. The van der Waals surface area contributed by atoms with E-state index in [1.807, 2.05) is 12.1 Å². The monoisotopic (exact) mass is 376 g/mol. The first-order chi connectivity index (χ1) is 13.2. The molecule has 1 aromatic carbocycles. The third-order valence-corrected chi connectivity index (χ3v) is 5.05. The Kier molecular flexibility index (Phi) is 10.5. The van der Waals surface area contributed by atoms with Crippen molar-refractivity contribution < 1.29 is 19.0 Å². The fraction of sp³-hybridized carbons (Fsp3) is 0.696. The molecule has 0 N–H and O–H groups in total. The number of unbranched alkanes of at least 4 members (excludes halogenated alkanes) is 6. The van der Waals surface area contributed by atoms with Crippen molar-refractivity contribution in [3.8, 4) is 5.75 Å². The van der Waals surface area contributed by atoms with Crippen LogP contribution in [0.1, 0.15) is 77.2 Å². The van der Waals surface area contributed by atoms with Crippen LogP contribution in [-0.4, -0.2) is 25.5 Å². The smallest absolute Gasteiger partial charge is 0.319 e. The summed E-state index contributed by atoms with van der Waals surface area (Å²) >= 11 is 0. The maximum absolute atomic E-state index is 12.3. The second kappa shape index (κ2) is 12.9. The summed E-state index contributed by atoms with van der Waals surface area (Å²) in [7, 11) is 0. The minimum atomic E-state index is -0.342. The second-order valence-corrected chi connectivity index (χ2v) is 7.52. The largest absolute Gasteiger partial charge is 0.426 e. The van der Waals surface area contributed by atoms with Gasteiger partial charge in [-0.05, 0) is 43.4 Å². The van der Waals surface area contributed by atoms with E-state index < -0.39 is 0 Å². The molecule has 2 rings (SSSR count). The Bertz CT molecular complexity index is 518. The normalized spacial score (nSPS) is 19.8. The van der Waals surface area contributed by atoms with E-state index in [-0.39, 0.29) is 18.2 Å². The Morgan fingerprint density at radius 1 is 0.926 bits per heavy atom. The fourth-order valence-electron chi connectivity index (χ4n) is 3.26. The molecule has 1 aromatic rings. The molecule has 0 bridgehead atoms. The maximum Gasteiger partial charge on any atom is 0.319 e. The summed E-state index contributed by atoms with van der Waals surface area (Å²) in [5.74, 6) is -0.0141. The number of carbonyl (C=O) groups is 1. The lowest BCUT2D eigenvalue weighted by atomic mass is 10.1. The van der Waals surface area contributed by atoms with Gasteiger partial charge in [-0.3, -0.25) is 4.79 Å². The van der Waals surface area contributed by atoms with Crippen LogP contribution in [-0.2, 0) is 20.7 Å². The summed E-state index contributed by atoms with van der Waals surface area (Å²) in [6.45, 7) is 5.18. The van der Waals surface area contributed by atoms with E-state index >= 15 is 0 Å². The van der Waals surface area contributed by atoms with Crippen molar-refractivity contribution >= 4 is 5.97 Å². The summed E-state index contributed by atoms with van der Waals surface area (Å²) in [4.78, 5) is 12.3. The number of hydrogen-bond donors (Lipinski definition) is 0. The van der Waals surface area contributed by atoms with Gasteiger partial charge in [0.05, 0.1) is 13.2 Å². The summed E-state index contributed by atoms with van der Waals surface area (Å²) in [6, 6.07) is 7.87. The SMILES string of the molecule is CCCCCCc1ccc(OC(=O)C2COC(CCCCCC)OC2)cc1. The number of benzene rings is 1. The maximum atomic E-state index is 12.3. The van der Waals surface area contributed by atoms with Crippen molar-refractivity contribution in [3.63, 3.8) is 0 Å². The predicted molar refractivity (Wildman–Crippen MR) is 108 cm³/mol. The molecule has 0 amide bonds. The number of rotatable bonds is 12. The van der Waals surface area contributed by atoms with E-state index in [0.29, 0.717) is 19.0 Å². The minimum absolute atomic E-state index is 0.169. The van der Waals surface area contributed by atoms with E-state index in [1.165, 1.54) is 50.5 Å². The number of aryl methyl sites for hydroxylation is 1. The zero-order chi connectivity index (χ0) is 19.3. The van der Waals surface area contributed by atoms with Crippen molar-refractivity contribution in [3.05, 3.63) is 29.8 Å². The van der Waals surface area contributed by atoms with Gasteiger partial charge in [-0.2, -0.15) is 0 Å². The molecule has 152 valence electrons. The van der Waals surface area contributed by atoms with Crippen molar-refractivity contribution in [2.24, 2.45) is 5.92 Å². The van der Waals surface area contributed by atoms with Crippen LogP contribution in [0.3, 0.4) is 0 Å². The minimum Gasteiger partial charge on any atom is -0.426 e. The number of ether oxygens (including phenoxy) is 3. The standard InChI is InChI=1S/C23H36O4/c1-3-5-7-9-11-19-13-15-21(16-14-19)27-23(24)20-17-25-22(26-18-20)12-10-8-6-4-2/h13-16,20,22H,3-12,17-18H2,1-2H3. The summed E-state index contributed by atoms with van der Waals surface area (Å²) in [5.41, 5.74) is 1.29. The Balaban J connectivity index is 1.66. The predicted octanol–water partition coefficient (Wildman–Crippen LogP) is 5.67. The molecule has 4 nitrogen and oxygen atoms in total. The highest BCUT2D eigenvalue weighted by atomic mass is 16.7. The lowest BCUT2D eigenvalue weighted by Crippen LogP contribution is -2.38. The van der Waals surface area contributed by atoms with E-state index in [1.54, 1.807) is 0 Å². The molecule has 0 atom stereocenters. The summed E-state index contributed by atoms with van der Waals surface area (Å²) < 4.78 is 16.9. The van der Waals surface area contributed by atoms with Crippen molar-refractivity contribution in [1.29, 1.82) is 0 Å². The van der Waals surface area contributed by atoms with Crippen LogP contribution < -0.4 is 4.74 Å². The first-order valence-corrected chi connectivity index (χ1v) is 10.8. The van der Waals surface area contributed by atoms with Gasteiger partial charge in [-0.25, -0.2) is 0 Å². The Morgan fingerprint density at radius 2 is 1.56 bits per heavy atom. The van der Waals surface area contributed by atoms with Crippen molar-refractivity contribution in [2.75, 3.05) is 13.2 Å². The molecule has 27 heavy (non-hydrogen) atoms. The molecule has 0 saturated carbocycles.